The van der Waals surface area contributed by atoms with Gasteiger partial charge in [-0.3, -0.25) is 0 Å². The third kappa shape index (κ3) is 1.04. The van der Waals surface area contributed by atoms with E-state index in [0.717, 1.165) is 12.2 Å². The molecule has 0 amide bonds. The zero-order valence-electron chi connectivity index (χ0n) is 4.59. The molecule has 0 atom stereocenters. The van der Waals surface area contributed by atoms with Crippen LogP contribution in [0.4, 0.5) is 0 Å². The van der Waals surface area contributed by atoms with Crippen molar-refractivity contribution in [2.45, 2.75) is 18.4 Å². The Morgan fingerprint density at radius 3 is 2.88 bits per heavy atom. The summed E-state index contributed by atoms with van der Waals surface area (Å²) in [5.41, 5.74) is 0. The third-order valence-electron chi connectivity index (χ3n) is 0.895. The number of aromatic nitrogens is 1. The first-order valence-corrected chi connectivity index (χ1v) is 2.92. The van der Waals surface area contributed by atoms with Gasteiger partial charge in [-0.05, 0) is 0 Å². The van der Waals surface area contributed by atoms with Gasteiger partial charge in [0, 0.05) is 12.5 Å². The Labute approximate surface area is 53.3 Å². The Morgan fingerprint density at radius 2 is 2.62 bits per heavy atom. The standard InChI is InChI=1S/C5H7NOS/c1-2-4-3-5(8)6-7-4/h3H,2H2,1H3,(H,6,8). The molecule has 8 heavy (non-hydrogen) atoms. The second-order valence-corrected chi connectivity index (χ2v) is 1.96. The average molecular weight is 129 g/mol. The predicted octanol–water partition coefficient (Wildman–Crippen LogP) is 1.53. The van der Waals surface area contributed by atoms with Crippen LogP contribution in [0.3, 0.4) is 0 Å². The van der Waals surface area contributed by atoms with Gasteiger partial charge in [0.2, 0.25) is 0 Å². The van der Waals surface area contributed by atoms with Crippen molar-refractivity contribution in [3.63, 3.8) is 0 Å². The van der Waals surface area contributed by atoms with Crippen molar-refractivity contribution in [1.29, 1.82) is 0 Å². The van der Waals surface area contributed by atoms with E-state index >= 15 is 0 Å². The molecule has 0 N–H and O–H groups in total. The maximum Gasteiger partial charge on any atom is 0.137 e. The highest BCUT2D eigenvalue weighted by molar-refractivity contribution is 7.80. The minimum absolute atomic E-state index is 0.654. The Kier molecular flexibility index (Phi) is 1.58. The number of aryl methyl sites for hydroxylation is 1. The lowest BCUT2D eigenvalue weighted by Crippen LogP contribution is -1.67. The van der Waals surface area contributed by atoms with Crippen LogP contribution in [0.15, 0.2) is 15.6 Å². The SMILES string of the molecule is CCc1cc(S)no1. The predicted molar refractivity (Wildman–Crippen MR) is 33.1 cm³/mol. The Balaban J connectivity index is 2.84. The van der Waals surface area contributed by atoms with E-state index in [0.29, 0.717) is 5.03 Å². The lowest BCUT2D eigenvalue weighted by molar-refractivity contribution is 0.374. The van der Waals surface area contributed by atoms with Gasteiger partial charge in [0.15, 0.2) is 0 Å². The van der Waals surface area contributed by atoms with Gasteiger partial charge in [-0.1, -0.05) is 12.1 Å². The topological polar surface area (TPSA) is 26.0 Å². The van der Waals surface area contributed by atoms with Crippen molar-refractivity contribution in [3.8, 4) is 0 Å². The summed E-state index contributed by atoms with van der Waals surface area (Å²) in [6.45, 7) is 2.01. The first-order chi connectivity index (χ1) is 3.83. The highest BCUT2D eigenvalue weighted by Gasteiger charge is 1.94. The van der Waals surface area contributed by atoms with Crippen molar-refractivity contribution in [2.24, 2.45) is 0 Å². The summed E-state index contributed by atoms with van der Waals surface area (Å²) in [5, 5.41) is 4.23. The molecule has 0 aliphatic rings. The zero-order chi connectivity index (χ0) is 5.98. The molecule has 44 valence electrons. The van der Waals surface area contributed by atoms with Crippen LogP contribution in [-0.2, 0) is 6.42 Å². The molecule has 0 bridgehead atoms. The Bertz CT molecular complexity index is 173. The van der Waals surface area contributed by atoms with E-state index in [1.165, 1.54) is 0 Å². The summed E-state index contributed by atoms with van der Waals surface area (Å²) in [5.74, 6) is 0.884. The molecule has 1 aromatic heterocycles. The molecule has 1 rings (SSSR count). The van der Waals surface area contributed by atoms with E-state index < -0.39 is 0 Å². The van der Waals surface area contributed by atoms with E-state index in [-0.39, 0.29) is 0 Å². The van der Waals surface area contributed by atoms with E-state index in [1.54, 1.807) is 0 Å². The van der Waals surface area contributed by atoms with Crippen LogP contribution in [0.2, 0.25) is 0 Å². The van der Waals surface area contributed by atoms with Crippen LogP contribution in [0.25, 0.3) is 0 Å². The van der Waals surface area contributed by atoms with Gasteiger partial charge in [0.25, 0.3) is 0 Å². The maximum atomic E-state index is 4.79. The van der Waals surface area contributed by atoms with Crippen molar-refractivity contribution in [2.75, 3.05) is 0 Å². The molecule has 2 nitrogen and oxygen atoms in total. The third-order valence-corrected chi connectivity index (χ3v) is 1.11. The molecule has 0 saturated carbocycles. The summed E-state index contributed by atoms with van der Waals surface area (Å²) in [4.78, 5) is 0. The monoisotopic (exact) mass is 129 g/mol. The van der Waals surface area contributed by atoms with Crippen molar-refractivity contribution in [3.05, 3.63) is 11.8 Å². The van der Waals surface area contributed by atoms with Crippen LogP contribution >= 0.6 is 12.6 Å². The van der Waals surface area contributed by atoms with E-state index in [1.807, 2.05) is 13.0 Å². The first kappa shape index (κ1) is 5.69. The minimum atomic E-state index is 0.654. The van der Waals surface area contributed by atoms with Crippen molar-refractivity contribution >= 4 is 12.6 Å². The van der Waals surface area contributed by atoms with Crippen LogP contribution < -0.4 is 0 Å². The molecule has 1 heterocycles. The molecule has 3 heteroatoms. The largest absolute Gasteiger partial charge is 0.360 e. The molecule has 0 spiro atoms. The number of nitrogens with zero attached hydrogens (tertiary/aromatic N) is 1. The number of thiol groups is 1. The van der Waals surface area contributed by atoms with E-state index in [2.05, 4.69) is 17.8 Å². The summed E-state index contributed by atoms with van der Waals surface area (Å²) >= 11 is 3.95. The van der Waals surface area contributed by atoms with Gasteiger partial charge in [-0.2, -0.15) is 0 Å². The molecule has 0 aliphatic carbocycles. The van der Waals surface area contributed by atoms with Gasteiger partial charge < -0.3 is 4.52 Å². The normalized spacial score (nSPS) is 9.75. The number of rotatable bonds is 1. The molecular formula is C5H7NOS. The molecule has 0 aromatic carbocycles. The van der Waals surface area contributed by atoms with E-state index in [4.69, 9.17) is 4.52 Å². The van der Waals surface area contributed by atoms with Crippen LogP contribution in [-0.4, -0.2) is 5.16 Å². The van der Waals surface area contributed by atoms with Crippen LogP contribution in [0, 0.1) is 0 Å². The second-order valence-electron chi connectivity index (χ2n) is 1.50. The Morgan fingerprint density at radius 1 is 1.88 bits per heavy atom. The molecular weight excluding hydrogens is 122 g/mol. The van der Waals surface area contributed by atoms with Gasteiger partial charge in [0.05, 0.1) is 0 Å². The molecule has 0 aliphatic heterocycles. The zero-order valence-corrected chi connectivity index (χ0v) is 5.48. The first-order valence-electron chi connectivity index (χ1n) is 2.47. The summed E-state index contributed by atoms with van der Waals surface area (Å²) in [6, 6.07) is 1.81. The van der Waals surface area contributed by atoms with Gasteiger partial charge in [-0.25, -0.2) is 0 Å². The van der Waals surface area contributed by atoms with Gasteiger partial charge >= 0.3 is 0 Å². The lowest BCUT2D eigenvalue weighted by atomic mass is 10.4. The fourth-order valence-corrected chi connectivity index (χ4v) is 0.654. The minimum Gasteiger partial charge on any atom is -0.360 e. The highest BCUT2D eigenvalue weighted by Crippen LogP contribution is 2.06. The van der Waals surface area contributed by atoms with Gasteiger partial charge in [-0.15, -0.1) is 12.6 Å². The van der Waals surface area contributed by atoms with Crippen LogP contribution in [0.1, 0.15) is 12.7 Å². The quantitative estimate of drug-likeness (QED) is 0.582. The van der Waals surface area contributed by atoms with E-state index in [9.17, 15) is 0 Å². The fourth-order valence-electron chi connectivity index (χ4n) is 0.469. The van der Waals surface area contributed by atoms with Crippen LogP contribution in [0.5, 0.6) is 0 Å². The van der Waals surface area contributed by atoms with Crippen molar-refractivity contribution in [1.82, 2.24) is 5.16 Å². The molecule has 0 fully saturated rings. The number of hydrogen-bond donors (Lipinski definition) is 1. The highest BCUT2D eigenvalue weighted by atomic mass is 32.1. The summed E-state index contributed by atoms with van der Waals surface area (Å²) in [6.07, 6.45) is 0.883. The average Bonchev–Trinajstić information content (AvgIpc) is 2.14. The Hall–Kier alpha value is -0.440. The molecule has 1 aromatic rings. The molecule has 0 saturated heterocycles. The second kappa shape index (κ2) is 2.22. The van der Waals surface area contributed by atoms with Gasteiger partial charge in [0.1, 0.15) is 10.8 Å². The summed E-state index contributed by atoms with van der Waals surface area (Å²) in [7, 11) is 0. The summed E-state index contributed by atoms with van der Waals surface area (Å²) < 4.78 is 4.79. The maximum absolute atomic E-state index is 4.79. The molecule has 0 unspecified atom stereocenters. The lowest BCUT2D eigenvalue weighted by Gasteiger charge is -1.76. The fraction of sp³-hybridized carbons (Fsp3) is 0.400. The number of hydrogen-bond acceptors (Lipinski definition) is 3. The molecule has 0 radical (unpaired) electrons. The smallest absolute Gasteiger partial charge is 0.137 e. The van der Waals surface area contributed by atoms with Crippen molar-refractivity contribution < 1.29 is 4.52 Å².